The molecule has 0 spiro atoms. The van der Waals surface area contributed by atoms with Crippen molar-refractivity contribution < 1.29 is 8.42 Å². The zero-order valence-electron chi connectivity index (χ0n) is 11.3. The first kappa shape index (κ1) is 13.4. The first-order valence-electron chi connectivity index (χ1n) is 6.09. The molecule has 0 saturated heterocycles. The average Bonchev–Trinajstić information content (AvgIpc) is 2.73. The van der Waals surface area contributed by atoms with Crippen LogP contribution in [0.1, 0.15) is 26.3 Å². The Hall–Kier alpha value is -1.07. The Bertz CT molecular complexity index is 559. The SMILES string of the molecule is CN(C(C)(C)C)S(=O)(=O)c1ccc2c(c1)CCN2. The largest absolute Gasteiger partial charge is 0.384 e. The van der Waals surface area contributed by atoms with E-state index in [1.54, 1.807) is 19.2 Å². The fourth-order valence-corrected chi connectivity index (χ4v) is 3.53. The number of benzene rings is 1. The highest BCUT2D eigenvalue weighted by Gasteiger charge is 2.30. The number of nitrogens with one attached hydrogen (secondary N) is 1. The minimum atomic E-state index is -3.41. The Kier molecular flexibility index (Phi) is 3.15. The van der Waals surface area contributed by atoms with Crippen molar-refractivity contribution in [3.05, 3.63) is 23.8 Å². The third kappa shape index (κ3) is 2.24. The van der Waals surface area contributed by atoms with Crippen molar-refractivity contribution in [3.8, 4) is 0 Å². The van der Waals surface area contributed by atoms with Gasteiger partial charge in [0, 0.05) is 24.8 Å². The molecule has 0 fully saturated rings. The molecule has 100 valence electrons. The summed E-state index contributed by atoms with van der Waals surface area (Å²) < 4.78 is 26.4. The van der Waals surface area contributed by atoms with Crippen LogP contribution in [0.5, 0.6) is 0 Å². The van der Waals surface area contributed by atoms with Gasteiger partial charge in [-0.2, -0.15) is 4.31 Å². The van der Waals surface area contributed by atoms with E-state index in [1.165, 1.54) is 4.31 Å². The van der Waals surface area contributed by atoms with Crippen molar-refractivity contribution in [1.82, 2.24) is 4.31 Å². The minimum Gasteiger partial charge on any atom is -0.384 e. The van der Waals surface area contributed by atoms with Gasteiger partial charge >= 0.3 is 0 Å². The molecular formula is C13H20N2O2S. The second kappa shape index (κ2) is 4.24. The van der Waals surface area contributed by atoms with Gasteiger partial charge in [0.1, 0.15) is 0 Å². The summed E-state index contributed by atoms with van der Waals surface area (Å²) in [7, 11) is -1.79. The molecular weight excluding hydrogens is 248 g/mol. The van der Waals surface area contributed by atoms with E-state index in [4.69, 9.17) is 0 Å². The Morgan fingerprint density at radius 3 is 2.56 bits per heavy atom. The highest BCUT2D eigenvalue weighted by Crippen LogP contribution is 2.28. The third-order valence-corrected chi connectivity index (χ3v) is 5.51. The van der Waals surface area contributed by atoms with Crippen LogP contribution in [0.4, 0.5) is 5.69 Å². The van der Waals surface area contributed by atoms with Crippen LogP contribution in [0, 0.1) is 0 Å². The summed E-state index contributed by atoms with van der Waals surface area (Å²) in [5.41, 5.74) is 1.71. The molecule has 0 bridgehead atoms. The van der Waals surface area contributed by atoms with Crippen LogP contribution < -0.4 is 5.32 Å². The van der Waals surface area contributed by atoms with Gasteiger partial charge in [0.2, 0.25) is 10.0 Å². The molecule has 0 atom stereocenters. The summed E-state index contributed by atoms with van der Waals surface area (Å²) in [6.45, 7) is 6.55. The van der Waals surface area contributed by atoms with Crippen LogP contribution in [0.25, 0.3) is 0 Å². The van der Waals surface area contributed by atoms with Crippen molar-refractivity contribution in [2.75, 3.05) is 18.9 Å². The molecule has 1 heterocycles. The fraction of sp³-hybridized carbons (Fsp3) is 0.538. The molecule has 0 aromatic heterocycles. The minimum absolute atomic E-state index is 0.377. The molecule has 1 aromatic carbocycles. The lowest BCUT2D eigenvalue weighted by Crippen LogP contribution is -2.42. The second-order valence-electron chi connectivity index (χ2n) is 5.64. The van der Waals surface area contributed by atoms with Gasteiger partial charge in [-0.3, -0.25) is 0 Å². The molecule has 5 heteroatoms. The fourth-order valence-electron chi connectivity index (χ4n) is 1.96. The average molecular weight is 268 g/mol. The molecule has 1 aromatic rings. The molecule has 1 aliphatic rings. The van der Waals surface area contributed by atoms with Gasteiger partial charge in [-0.1, -0.05) is 0 Å². The zero-order valence-corrected chi connectivity index (χ0v) is 12.1. The lowest BCUT2D eigenvalue weighted by atomic mass is 10.1. The Morgan fingerprint density at radius 2 is 1.94 bits per heavy atom. The van der Waals surface area contributed by atoms with Gasteiger partial charge in [-0.05, 0) is 51.0 Å². The van der Waals surface area contributed by atoms with E-state index in [1.807, 2.05) is 26.8 Å². The van der Waals surface area contributed by atoms with E-state index < -0.39 is 15.6 Å². The van der Waals surface area contributed by atoms with Gasteiger partial charge < -0.3 is 5.32 Å². The summed E-state index contributed by atoms with van der Waals surface area (Å²) in [6.07, 6.45) is 0.887. The number of rotatable bonds is 2. The normalized spacial score (nSPS) is 15.6. The summed E-state index contributed by atoms with van der Waals surface area (Å²) in [5, 5.41) is 3.23. The van der Waals surface area contributed by atoms with Crippen LogP contribution in [-0.4, -0.2) is 31.9 Å². The standard InChI is InChI=1S/C13H20N2O2S/c1-13(2,3)15(4)18(16,17)11-5-6-12-10(9-11)7-8-14-12/h5-6,9,14H,7-8H2,1-4H3. The number of fused-ring (bicyclic) bond motifs is 1. The third-order valence-electron chi connectivity index (χ3n) is 3.39. The van der Waals surface area contributed by atoms with Gasteiger partial charge in [-0.25, -0.2) is 8.42 Å². The molecule has 1 aliphatic heterocycles. The molecule has 0 aliphatic carbocycles. The van der Waals surface area contributed by atoms with Crippen LogP contribution in [0.15, 0.2) is 23.1 Å². The molecule has 2 rings (SSSR count). The van der Waals surface area contributed by atoms with E-state index in [0.717, 1.165) is 24.2 Å². The predicted octanol–water partition coefficient (Wildman–Crippen LogP) is 2.07. The van der Waals surface area contributed by atoms with Crippen LogP contribution in [0.2, 0.25) is 0 Å². The molecule has 0 radical (unpaired) electrons. The molecule has 4 nitrogen and oxygen atoms in total. The van der Waals surface area contributed by atoms with Crippen LogP contribution >= 0.6 is 0 Å². The molecule has 0 unspecified atom stereocenters. The maximum atomic E-state index is 12.5. The van der Waals surface area contributed by atoms with Gasteiger partial charge in [0.25, 0.3) is 0 Å². The topological polar surface area (TPSA) is 49.4 Å². The first-order valence-corrected chi connectivity index (χ1v) is 7.53. The molecule has 18 heavy (non-hydrogen) atoms. The summed E-state index contributed by atoms with van der Waals surface area (Å²) >= 11 is 0. The molecule has 0 saturated carbocycles. The Morgan fingerprint density at radius 1 is 1.28 bits per heavy atom. The highest BCUT2D eigenvalue weighted by molar-refractivity contribution is 7.89. The van der Waals surface area contributed by atoms with Crippen molar-refractivity contribution in [2.24, 2.45) is 0 Å². The number of sulfonamides is 1. The van der Waals surface area contributed by atoms with E-state index in [0.29, 0.717) is 4.90 Å². The van der Waals surface area contributed by atoms with Gasteiger partial charge in [0.05, 0.1) is 4.90 Å². The van der Waals surface area contributed by atoms with Crippen molar-refractivity contribution in [3.63, 3.8) is 0 Å². The highest BCUT2D eigenvalue weighted by atomic mass is 32.2. The smallest absolute Gasteiger partial charge is 0.243 e. The number of anilines is 1. The van der Waals surface area contributed by atoms with Crippen LogP contribution in [-0.2, 0) is 16.4 Å². The van der Waals surface area contributed by atoms with Gasteiger partial charge in [-0.15, -0.1) is 0 Å². The maximum absolute atomic E-state index is 12.5. The molecule has 0 amide bonds. The lowest BCUT2D eigenvalue weighted by Gasteiger charge is -2.31. The van der Waals surface area contributed by atoms with E-state index in [9.17, 15) is 8.42 Å². The first-order chi connectivity index (χ1) is 8.23. The maximum Gasteiger partial charge on any atom is 0.243 e. The zero-order chi connectivity index (χ0) is 13.6. The summed E-state index contributed by atoms with van der Waals surface area (Å²) in [5.74, 6) is 0. The Labute approximate surface area is 109 Å². The number of hydrogen-bond donors (Lipinski definition) is 1. The van der Waals surface area contributed by atoms with Crippen molar-refractivity contribution in [2.45, 2.75) is 37.6 Å². The number of hydrogen-bond acceptors (Lipinski definition) is 3. The summed E-state index contributed by atoms with van der Waals surface area (Å²) in [4.78, 5) is 0.377. The quantitative estimate of drug-likeness (QED) is 0.893. The summed E-state index contributed by atoms with van der Waals surface area (Å²) in [6, 6.07) is 5.31. The lowest BCUT2D eigenvalue weighted by molar-refractivity contribution is 0.292. The van der Waals surface area contributed by atoms with Gasteiger partial charge in [0.15, 0.2) is 0 Å². The Balaban J connectivity index is 2.42. The van der Waals surface area contributed by atoms with Crippen LogP contribution in [0.3, 0.4) is 0 Å². The molecule has 1 N–H and O–H groups in total. The van der Waals surface area contributed by atoms with E-state index in [2.05, 4.69) is 5.32 Å². The van der Waals surface area contributed by atoms with E-state index in [-0.39, 0.29) is 0 Å². The van der Waals surface area contributed by atoms with Crippen molar-refractivity contribution >= 4 is 15.7 Å². The monoisotopic (exact) mass is 268 g/mol. The second-order valence-corrected chi connectivity index (χ2v) is 7.61. The predicted molar refractivity (Wildman–Crippen MR) is 73.3 cm³/mol. The van der Waals surface area contributed by atoms with E-state index >= 15 is 0 Å². The number of nitrogens with zero attached hydrogens (tertiary/aromatic N) is 1. The van der Waals surface area contributed by atoms with Crippen molar-refractivity contribution in [1.29, 1.82) is 0 Å².